The fourth-order valence-corrected chi connectivity index (χ4v) is 1.82. The molecule has 1 aromatic carbocycles. The Kier molecular flexibility index (Phi) is 4.31. The molecule has 0 aliphatic heterocycles. The van der Waals surface area contributed by atoms with Crippen LogP contribution >= 0.6 is 22.6 Å². The Bertz CT molecular complexity index is 635. The molecule has 1 aliphatic rings. The molecule has 4 nitrogen and oxygen atoms in total. The number of nitrogens with one attached hydrogen (secondary N) is 2. The number of anilines is 1. The molecule has 0 fully saturated rings. The molecule has 1 aliphatic carbocycles. The van der Waals surface area contributed by atoms with Crippen LogP contribution in [0, 0.1) is 5.41 Å². The Hall–Kier alpha value is -1.70. The summed E-state index contributed by atoms with van der Waals surface area (Å²) in [6, 6.07) is 5.14. The van der Waals surface area contributed by atoms with Gasteiger partial charge in [0.15, 0.2) is 0 Å². The van der Waals surface area contributed by atoms with Gasteiger partial charge in [-0.05, 0) is 0 Å². The van der Waals surface area contributed by atoms with Crippen molar-refractivity contribution in [3.8, 4) is 5.75 Å². The maximum absolute atomic E-state index is 9.76. The number of allylic oxidation sites excluding steroid dienone is 4. The SMILES string of the molecule is B=C(I)c1ccc(O)c(N/N=C2/C=CC=CC2=N)c1. The Balaban J connectivity index is 2.24. The monoisotopic (exact) mass is 363 g/mol. The zero-order valence-electron chi connectivity index (χ0n) is 10.0. The van der Waals surface area contributed by atoms with Gasteiger partial charge >= 0.3 is 126 Å². The third-order valence-corrected chi connectivity index (χ3v) is 3.13. The summed E-state index contributed by atoms with van der Waals surface area (Å²) < 4.78 is 0.876. The van der Waals surface area contributed by atoms with Crippen LogP contribution in [0.4, 0.5) is 5.69 Å². The minimum atomic E-state index is 0.104. The van der Waals surface area contributed by atoms with Gasteiger partial charge in [0.25, 0.3) is 0 Å². The second-order valence-corrected chi connectivity index (χ2v) is 5.18. The van der Waals surface area contributed by atoms with Crippen LogP contribution in [0.15, 0.2) is 47.6 Å². The van der Waals surface area contributed by atoms with Gasteiger partial charge in [0.05, 0.1) is 0 Å². The molecule has 0 atom stereocenters. The summed E-state index contributed by atoms with van der Waals surface area (Å²) in [7, 11) is 3.85. The van der Waals surface area contributed by atoms with E-state index in [9.17, 15) is 5.11 Å². The average molecular weight is 363 g/mol. The number of hydrazone groups is 1. The molecule has 0 saturated carbocycles. The van der Waals surface area contributed by atoms with Crippen LogP contribution in [0.2, 0.25) is 0 Å². The maximum atomic E-state index is 9.76. The van der Waals surface area contributed by atoms with Crippen molar-refractivity contribution in [3.63, 3.8) is 0 Å². The molecule has 0 saturated heterocycles. The van der Waals surface area contributed by atoms with Crippen LogP contribution in [0.5, 0.6) is 5.75 Å². The van der Waals surface area contributed by atoms with Crippen molar-refractivity contribution >= 4 is 50.7 Å². The van der Waals surface area contributed by atoms with E-state index in [1.165, 1.54) is 0 Å². The number of hydrogen-bond acceptors (Lipinski definition) is 4. The average Bonchev–Trinajstić information content (AvgIpc) is 2.39. The van der Waals surface area contributed by atoms with E-state index in [2.05, 4.69) is 40.6 Å². The molecule has 94 valence electrons. The molecule has 0 unspecified atom stereocenters. The van der Waals surface area contributed by atoms with Gasteiger partial charge in [-0.3, -0.25) is 0 Å². The van der Waals surface area contributed by atoms with Crippen LogP contribution in [0.3, 0.4) is 0 Å². The Morgan fingerprint density at radius 1 is 1.32 bits per heavy atom. The molecule has 2 rings (SSSR count). The van der Waals surface area contributed by atoms with E-state index in [0.29, 0.717) is 17.1 Å². The fraction of sp³-hybridized carbons (Fsp3) is 0. The van der Waals surface area contributed by atoms with Crippen molar-refractivity contribution < 1.29 is 5.11 Å². The minimum absolute atomic E-state index is 0.104. The molecule has 3 N–H and O–H groups in total. The summed E-state index contributed by atoms with van der Waals surface area (Å²) in [5.41, 5.74) is 5.01. The summed E-state index contributed by atoms with van der Waals surface area (Å²) in [5, 5.41) is 21.6. The van der Waals surface area contributed by atoms with E-state index < -0.39 is 0 Å². The van der Waals surface area contributed by atoms with Crippen molar-refractivity contribution in [1.29, 1.82) is 5.41 Å². The fourth-order valence-electron chi connectivity index (χ4n) is 1.49. The first-order chi connectivity index (χ1) is 9.08. The van der Waals surface area contributed by atoms with Gasteiger partial charge in [-0.15, -0.1) is 0 Å². The molecule has 1 aromatic rings. The Morgan fingerprint density at radius 2 is 2.05 bits per heavy atom. The van der Waals surface area contributed by atoms with Crippen molar-refractivity contribution in [3.05, 3.63) is 48.1 Å². The number of aromatic hydroxyl groups is 1. The predicted octanol–water partition coefficient (Wildman–Crippen LogP) is 2.12. The van der Waals surface area contributed by atoms with Gasteiger partial charge in [0.1, 0.15) is 0 Å². The van der Waals surface area contributed by atoms with E-state index >= 15 is 0 Å². The first-order valence-electron chi connectivity index (χ1n) is 5.53. The number of nitrogens with zero attached hydrogens (tertiary/aromatic N) is 1. The second kappa shape index (κ2) is 5.96. The Labute approximate surface area is 125 Å². The van der Waals surface area contributed by atoms with Gasteiger partial charge in [-0.25, -0.2) is 0 Å². The summed E-state index contributed by atoms with van der Waals surface area (Å²) in [6.45, 7) is 0. The van der Waals surface area contributed by atoms with E-state index in [4.69, 9.17) is 5.41 Å². The molecule has 0 bridgehead atoms. The standard InChI is InChI=1S/C13H11BIN3O/c14-13(15)8-5-6-12(19)11(7-8)18-17-10-4-2-1-3-9(10)16/h1-7,14,16,18-19H/b16-9?,17-10-. The second-order valence-electron chi connectivity index (χ2n) is 3.88. The summed E-state index contributed by atoms with van der Waals surface area (Å²) in [5.74, 6) is 0.104. The van der Waals surface area contributed by atoms with Gasteiger partial charge in [0.2, 0.25) is 0 Å². The molecule has 6 heteroatoms. The Morgan fingerprint density at radius 3 is 2.74 bits per heavy atom. The van der Waals surface area contributed by atoms with E-state index in [1.54, 1.807) is 36.4 Å². The van der Waals surface area contributed by atoms with Crippen LogP contribution < -0.4 is 5.43 Å². The normalized spacial score (nSPS) is 15.8. The molecular weight excluding hydrogens is 352 g/mol. The number of phenolic OH excluding ortho intramolecular Hbond substituents is 1. The molecule has 0 aromatic heterocycles. The van der Waals surface area contributed by atoms with Gasteiger partial charge in [-0.1, -0.05) is 0 Å². The molecule has 19 heavy (non-hydrogen) atoms. The number of benzene rings is 1. The zero-order valence-corrected chi connectivity index (χ0v) is 12.2. The molecular formula is C13H11BIN3O. The van der Waals surface area contributed by atoms with Crippen LogP contribution in [-0.4, -0.2) is 27.5 Å². The predicted molar refractivity (Wildman–Crippen MR) is 90.4 cm³/mol. The van der Waals surface area contributed by atoms with Crippen molar-refractivity contribution in [2.24, 2.45) is 5.10 Å². The summed E-state index contributed by atoms with van der Waals surface area (Å²) >= 11 is 2.12. The third kappa shape index (κ3) is 3.40. The van der Waals surface area contributed by atoms with Crippen LogP contribution in [-0.2, 0) is 0 Å². The van der Waals surface area contributed by atoms with Crippen molar-refractivity contribution in [2.75, 3.05) is 5.43 Å². The quantitative estimate of drug-likeness (QED) is 0.253. The van der Waals surface area contributed by atoms with Crippen molar-refractivity contribution in [2.45, 2.75) is 0 Å². The number of rotatable bonds is 3. The van der Waals surface area contributed by atoms with Gasteiger partial charge in [-0.2, -0.15) is 0 Å². The molecule has 0 spiro atoms. The summed E-state index contributed by atoms with van der Waals surface area (Å²) in [6.07, 6.45) is 6.97. The van der Waals surface area contributed by atoms with Crippen LogP contribution in [0.25, 0.3) is 0 Å². The van der Waals surface area contributed by atoms with E-state index in [-0.39, 0.29) is 5.75 Å². The zero-order chi connectivity index (χ0) is 13.8. The third-order valence-electron chi connectivity index (χ3n) is 2.51. The van der Waals surface area contributed by atoms with Crippen LogP contribution in [0.1, 0.15) is 5.56 Å². The summed E-state index contributed by atoms with van der Waals surface area (Å²) in [4.78, 5) is 0. The van der Waals surface area contributed by atoms with Gasteiger partial charge < -0.3 is 0 Å². The topological polar surface area (TPSA) is 68.5 Å². The molecule has 0 radical (unpaired) electrons. The molecule has 0 heterocycles. The van der Waals surface area contributed by atoms with Gasteiger partial charge in [0, 0.05) is 0 Å². The molecule has 0 amide bonds. The first kappa shape index (κ1) is 13.7. The van der Waals surface area contributed by atoms with E-state index in [1.807, 2.05) is 6.08 Å². The number of halogens is 1. The number of phenols is 1. The number of hydrogen-bond donors (Lipinski definition) is 3. The van der Waals surface area contributed by atoms with Crippen molar-refractivity contribution in [1.82, 2.24) is 0 Å². The van der Waals surface area contributed by atoms with E-state index in [0.717, 1.165) is 9.03 Å². The first-order valence-corrected chi connectivity index (χ1v) is 6.61.